The van der Waals surface area contributed by atoms with Gasteiger partial charge in [-0.2, -0.15) is 5.10 Å². The van der Waals surface area contributed by atoms with Crippen LogP contribution in [0.15, 0.2) is 33.8 Å². The number of carbonyl (C=O) groups excluding carboxylic acids is 3. The molecule has 3 rings (SSSR count). The molecule has 2 aliphatic rings. The lowest BCUT2D eigenvalue weighted by atomic mass is 9.86. The maximum Gasteiger partial charge on any atom is 0.355 e. The first kappa shape index (κ1) is 14.7. The number of amides is 2. The summed E-state index contributed by atoms with van der Waals surface area (Å²) in [5, 5.41) is 3.82. The van der Waals surface area contributed by atoms with Crippen LogP contribution in [0.3, 0.4) is 0 Å². The highest BCUT2D eigenvalue weighted by molar-refractivity contribution is 9.10. The normalized spacial score (nSPS) is 26.6. The highest BCUT2D eigenvalue weighted by Gasteiger charge is 2.63. The van der Waals surface area contributed by atoms with Crippen molar-refractivity contribution in [1.82, 2.24) is 5.43 Å². The molecule has 0 aliphatic carbocycles. The lowest BCUT2D eigenvalue weighted by Crippen LogP contribution is -2.48. The second-order valence-corrected chi connectivity index (χ2v) is 6.11. The molecule has 114 valence electrons. The van der Waals surface area contributed by atoms with Gasteiger partial charge in [-0.15, -0.1) is 0 Å². The number of methoxy groups -OCH3 is 1. The fraction of sp³-hybridized carbons (Fsp3) is 0.286. The van der Waals surface area contributed by atoms with Crippen LogP contribution in [0.2, 0.25) is 0 Å². The third-order valence-corrected chi connectivity index (χ3v) is 4.33. The van der Waals surface area contributed by atoms with Crippen LogP contribution in [-0.2, 0) is 19.1 Å². The fourth-order valence-electron chi connectivity index (χ4n) is 2.70. The second kappa shape index (κ2) is 4.91. The molecule has 1 aromatic carbocycles. The van der Waals surface area contributed by atoms with Crippen LogP contribution < -0.4 is 10.3 Å². The first-order chi connectivity index (χ1) is 10.4. The number of carbonyl (C=O) groups is 3. The van der Waals surface area contributed by atoms with Crippen molar-refractivity contribution in [2.45, 2.75) is 12.5 Å². The minimum Gasteiger partial charge on any atom is -0.464 e. The van der Waals surface area contributed by atoms with Crippen LogP contribution >= 0.6 is 15.9 Å². The molecule has 2 heterocycles. The molecule has 0 spiro atoms. The molecular weight excluding hydrogens is 354 g/mol. The van der Waals surface area contributed by atoms with E-state index in [0.29, 0.717) is 5.69 Å². The van der Waals surface area contributed by atoms with E-state index in [1.807, 2.05) is 0 Å². The number of imide groups is 1. The Morgan fingerprint density at radius 2 is 2.18 bits per heavy atom. The molecule has 0 bridgehead atoms. The van der Waals surface area contributed by atoms with Gasteiger partial charge in [-0.3, -0.25) is 15.0 Å². The van der Waals surface area contributed by atoms with Crippen molar-refractivity contribution in [2.75, 3.05) is 12.0 Å². The summed E-state index contributed by atoms with van der Waals surface area (Å²) in [6.45, 7) is 1.55. The molecule has 0 aromatic heterocycles. The van der Waals surface area contributed by atoms with Crippen molar-refractivity contribution in [1.29, 1.82) is 0 Å². The summed E-state index contributed by atoms with van der Waals surface area (Å²) in [5.74, 6) is -2.67. The number of hydrogen-bond donors (Lipinski definition) is 1. The summed E-state index contributed by atoms with van der Waals surface area (Å²) in [6, 6.07) is 6.82. The van der Waals surface area contributed by atoms with Crippen molar-refractivity contribution in [2.24, 2.45) is 11.0 Å². The van der Waals surface area contributed by atoms with Crippen LogP contribution in [0, 0.1) is 5.92 Å². The highest BCUT2D eigenvalue weighted by Crippen LogP contribution is 2.38. The van der Waals surface area contributed by atoms with E-state index in [1.165, 1.54) is 7.11 Å². The second-order valence-electron chi connectivity index (χ2n) is 5.19. The standard InChI is InChI=1S/C14H12BrN3O4/c1-14-9(10(16-17-14)12(20)22-2)11(19)18(13(14)21)8-5-3-4-7(15)6-8/h3-6,9,17H,1-2H3/t9-,14-/m1/s1. The summed E-state index contributed by atoms with van der Waals surface area (Å²) in [4.78, 5) is 38.2. The molecule has 1 aromatic rings. The number of rotatable bonds is 2. The van der Waals surface area contributed by atoms with Gasteiger partial charge >= 0.3 is 5.97 Å². The quantitative estimate of drug-likeness (QED) is 0.619. The van der Waals surface area contributed by atoms with Gasteiger partial charge < -0.3 is 4.74 Å². The molecule has 22 heavy (non-hydrogen) atoms. The Bertz CT molecular complexity index is 733. The Morgan fingerprint density at radius 3 is 2.82 bits per heavy atom. The van der Waals surface area contributed by atoms with Crippen molar-refractivity contribution in [3.8, 4) is 0 Å². The van der Waals surface area contributed by atoms with Gasteiger partial charge in [-0.1, -0.05) is 22.0 Å². The minimum absolute atomic E-state index is 0.0825. The Labute approximate surface area is 134 Å². The van der Waals surface area contributed by atoms with Gasteiger partial charge in [-0.25, -0.2) is 9.69 Å². The Kier molecular flexibility index (Phi) is 3.28. The summed E-state index contributed by atoms with van der Waals surface area (Å²) >= 11 is 3.31. The largest absolute Gasteiger partial charge is 0.464 e. The van der Waals surface area contributed by atoms with Gasteiger partial charge in [-0.05, 0) is 25.1 Å². The van der Waals surface area contributed by atoms with Gasteiger partial charge in [0.05, 0.1) is 12.8 Å². The van der Waals surface area contributed by atoms with Gasteiger partial charge in [0.1, 0.15) is 11.5 Å². The summed E-state index contributed by atoms with van der Waals surface area (Å²) in [6.07, 6.45) is 0. The smallest absolute Gasteiger partial charge is 0.355 e. The molecule has 0 radical (unpaired) electrons. The maximum absolute atomic E-state index is 12.7. The minimum atomic E-state index is -1.27. The molecule has 8 heteroatoms. The third-order valence-electron chi connectivity index (χ3n) is 3.84. The van der Waals surface area contributed by atoms with E-state index in [9.17, 15) is 14.4 Å². The van der Waals surface area contributed by atoms with E-state index in [1.54, 1.807) is 31.2 Å². The number of nitrogens with one attached hydrogen (secondary N) is 1. The highest BCUT2D eigenvalue weighted by atomic mass is 79.9. The van der Waals surface area contributed by atoms with Crippen LogP contribution in [0.25, 0.3) is 0 Å². The molecule has 7 nitrogen and oxygen atoms in total. The molecule has 1 fully saturated rings. The number of fused-ring (bicyclic) bond motifs is 1. The number of esters is 1. The van der Waals surface area contributed by atoms with Gasteiger partial charge in [0, 0.05) is 4.47 Å². The number of hydrogen-bond acceptors (Lipinski definition) is 6. The number of ether oxygens (including phenoxy) is 1. The Balaban J connectivity index is 2.05. The summed E-state index contributed by atoms with van der Waals surface area (Å²) in [5.41, 5.74) is 1.70. The Hall–Kier alpha value is -2.22. The van der Waals surface area contributed by atoms with Crippen molar-refractivity contribution in [3.05, 3.63) is 28.7 Å². The molecular formula is C14H12BrN3O4. The molecule has 2 amide bonds. The van der Waals surface area contributed by atoms with E-state index in [4.69, 9.17) is 0 Å². The lowest BCUT2D eigenvalue weighted by Gasteiger charge is -2.20. The molecule has 1 saturated heterocycles. The molecule has 0 unspecified atom stereocenters. The van der Waals surface area contributed by atoms with Crippen LogP contribution in [0.4, 0.5) is 5.69 Å². The molecule has 0 saturated carbocycles. The van der Waals surface area contributed by atoms with E-state index in [-0.39, 0.29) is 5.71 Å². The van der Waals surface area contributed by atoms with Gasteiger partial charge in [0.15, 0.2) is 5.71 Å². The number of hydrazone groups is 1. The zero-order valence-electron chi connectivity index (χ0n) is 11.8. The van der Waals surface area contributed by atoms with Gasteiger partial charge in [0.2, 0.25) is 5.91 Å². The monoisotopic (exact) mass is 365 g/mol. The number of nitrogens with zero attached hydrogens (tertiary/aromatic N) is 2. The molecule has 2 aliphatic heterocycles. The van der Waals surface area contributed by atoms with Crippen molar-refractivity contribution >= 4 is 45.1 Å². The van der Waals surface area contributed by atoms with Crippen LogP contribution in [0.5, 0.6) is 0 Å². The topological polar surface area (TPSA) is 88.1 Å². The third kappa shape index (κ3) is 1.87. The predicted molar refractivity (Wildman–Crippen MR) is 81.1 cm³/mol. The summed E-state index contributed by atoms with van der Waals surface area (Å²) < 4.78 is 5.37. The summed E-state index contributed by atoms with van der Waals surface area (Å²) in [7, 11) is 1.20. The van der Waals surface area contributed by atoms with Gasteiger partial charge in [0.25, 0.3) is 5.91 Å². The maximum atomic E-state index is 12.7. The average Bonchev–Trinajstić information content (AvgIpc) is 2.93. The Morgan fingerprint density at radius 1 is 1.45 bits per heavy atom. The van der Waals surface area contributed by atoms with Crippen LogP contribution in [0.1, 0.15) is 6.92 Å². The zero-order chi connectivity index (χ0) is 16.1. The first-order valence-electron chi connectivity index (χ1n) is 6.47. The van der Waals surface area contributed by atoms with E-state index < -0.39 is 29.2 Å². The first-order valence-corrected chi connectivity index (χ1v) is 7.26. The lowest BCUT2D eigenvalue weighted by molar-refractivity contribution is -0.133. The predicted octanol–water partition coefficient (Wildman–Crippen LogP) is 0.829. The number of halogens is 1. The number of anilines is 1. The van der Waals surface area contributed by atoms with E-state index in [0.717, 1.165) is 9.37 Å². The van der Waals surface area contributed by atoms with Crippen molar-refractivity contribution in [3.63, 3.8) is 0 Å². The SMILES string of the molecule is COC(=O)C1=NN[C@@]2(C)C(=O)N(c3cccc(Br)c3)C(=O)[C@@H]12. The van der Waals surface area contributed by atoms with E-state index in [2.05, 4.69) is 31.2 Å². The fourth-order valence-corrected chi connectivity index (χ4v) is 3.09. The average molecular weight is 366 g/mol. The molecule has 1 N–H and O–H groups in total. The van der Waals surface area contributed by atoms with Crippen molar-refractivity contribution < 1.29 is 19.1 Å². The zero-order valence-corrected chi connectivity index (χ0v) is 13.4. The van der Waals surface area contributed by atoms with E-state index >= 15 is 0 Å². The molecule has 2 atom stereocenters. The number of benzene rings is 1. The van der Waals surface area contributed by atoms with Crippen LogP contribution in [-0.4, -0.2) is 36.1 Å².